The van der Waals surface area contributed by atoms with Crippen molar-refractivity contribution in [1.29, 1.82) is 5.26 Å². The molecule has 0 atom stereocenters. The number of esters is 1. The highest BCUT2D eigenvalue weighted by molar-refractivity contribution is 6.43. The van der Waals surface area contributed by atoms with Crippen molar-refractivity contribution < 1.29 is 14.3 Å². The van der Waals surface area contributed by atoms with E-state index in [-0.39, 0.29) is 12.3 Å². The first-order valence-corrected chi connectivity index (χ1v) is 6.85. The van der Waals surface area contributed by atoms with Crippen molar-refractivity contribution in [3.8, 4) is 11.8 Å². The third-order valence-corrected chi connectivity index (χ3v) is 2.47. The summed E-state index contributed by atoms with van der Waals surface area (Å²) in [6.45, 7) is 4.60. The molecule has 1 rings (SSSR count). The third kappa shape index (κ3) is 5.95. The van der Waals surface area contributed by atoms with Crippen LogP contribution in [-0.4, -0.2) is 24.9 Å². The van der Waals surface area contributed by atoms with Crippen LogP contribution in [0.25, 0.3) is 0 Å². The minimum absolute atomic E-state index is 0.195. The smallest absolute Gasteiger partial charge is 0.369 e. The monoisotopic (exact) mass is 289 g/mol. The van der Waals surface area contributed by atoms with Gasteiger partial charge in [-0.05, 0) is 25.5 Å². The first-order chi connectivity index (χ1) is 10.2. The second kappa shape index (κ2) is 9.37. The summed E-state index contributed by atoms with van der Waals surface area (Å²) in [5.74, 6) is -0.0406. The van der Waals surface area contributed by atoms with E-state index in [4.69, 9.17) is 14.7 Å². The maximum Gasteiger partial charge on any atom is 0.369 e. The average molecular weight is 289 g/mol. The van der Waals surface area contributed by atoms with Crippen LogP contribution in [0.5, 0.6) is 5.75 Å². The Morgan fingerprint density at radius 3 is 2.90 bits per heavy atom. The zero-order chi connectivity index (χ0) is 15.5. The minimum atomic E-state index is -0.747. The van der Waals surface area contributed by atoms with Gasteiger partial charge in [0.2, 0.25) is 5.71 Å². The first-order valence-electron chi connectivity index (χ1n) is 6.85. The molecule has 1 aromatic carbocycles. The number of nitrogens with zero attached hydrogens (tertiary/aromatic N) is 2. The van der Waals surface area contributed by atoms with Gasteiger partial charge in [-0.25, -0.2) is 4.79 Å². The summed E-state index contributed by atoms with van der Waals surface area (Å²) in [6.07, 6.45) is 2.05. The van der Waals surface area contributed by atoms with E-state index < -0.39 is 5.97 Å². The van der Waals surface area contributed by atoms with Gasteiger partial charge in [0, 0.05) is 6.07 Å². The van der Waals surface area contributed by atoms with E-state index in [0.29, 0.717) is 18.0 Å². The quantitative estimate of drug-likeness (QED) is 0.344. The molecule has 0 spiro atoms. The molecule has 1 aromatic rings. The van der Waals surface area contributed by atoms with Crippen LogP contribution in [0, 0.1) is 11.3 Å². The highest BCUT2D eigenvalue weighted by Gasteiger charge is 2.11. The molecule has 1 N–H and O–H groups in total. The molecular formula is C15H19N3O3. The summed E-state index contributed by atoms with van der Waals surface area (Å²) in [6, 6.07) is 8.84. The molecule has 0 aliphatic rings. The van der Waals surface area contributed by atoms with Crippen molar-refractivity contribution in [2.45, 2.75) is 26.7 Å². The normalized spacial score (nSPS) is 10.6. The molecule has 0 fully saturated rings. The second-order valence-corrected chi connectivity index (χ2v) is 4.13. The fourth-order valence-corrected chi connectivity index (χ4v) is 1.43. The van der Waals surface area contributed by atoms with Gasteiger partial charge < -0.3 is 9.47 Å². The molecule has 0 saturated carbocycles. The Bertz CT molecular complexity index is 535. The highest BCUT2D eigenvalue weighted by atomic mass is 16.5. The lowest BCUT2D eigenvalue weighted by Crippen LogP contribution is -2.17. The number of nitriles is 1. The first kappa shape index (κ1) is 16.5. The zero-order valence-corrected chi connectivity index (χ0v) is 12.3. The molecule has 0 radical (unpaired) electrons. The van der Waals surface area contributed by atoms with Gasteiger partial charge >= 0.3 is 5.97 Å². The Labute approximate surface area is 124 Å². The molecule has 0 saturated heterocycles. The lowest BCUT2D eigenvalue weighted by atomic mass is 10.3. The van der Waals surface area contributed by atoms with Gasteiger partial charge in [-0.1, -0.05) is 19.4 Å². The Morgan fingerprint density at radius 1 is 1.43 bits per heavy atom. The topological polar surface area (TPSA) is 83.7 Å². The summed E-state index contributed by atoms with van der Waals surface area (Å²) < 4.78 is 10.3. The molecule has 0 aliphatic carbocycles. The van der Waals surface area contributed by atoms with Gasteiger partial charge in [0.05, 0.1) is 18.9 Å². The maximum atomic E-state index is 11.4. The van der Waals surface area contributed by atoms with Crippen molar-refractivity contribution in [2.24, 2.45) is 5.10 Å². The van der Waals surface area contributed by atoms with E-state index in [1.54, 1.807) is 31.2 Å². The van der Waals surface area contributed by atoms with Crippen LogP contribution in [0.4, 0.5) is 5.69 Å². The predicted octanol–water partition coefficient (Wildman–Crippen LogP) is 2.72. The predicted molar refractivity (Wildman–Crippen MR) is 80.1 cm³/mol. The molecule has 6 heteroatoms. The lowest BCUT2D eigenvalue weighted by molar-refractivity contribution is -0.134. The Hall–Kier alpha value is -2.55. The number of hydrogen-bond acceptors (Lipinski definition) is 6. The minimum Gasteiger partial charge on any atom is -0.494 e. The second-order valence-electron chi connectivity index (χ2n) is 4.13. The average Bonchev–Trinajstić information content (AvgIpc) is 2.49. The van der Waals surface area contributed by atoms with E-state index in [0.717, 1.165) is 12.8 Å². The van der Waals surface area contributed by atoms with Crippen molar-refractivity contribution in [1.82, 2.24) is 0 Å². The van der Waals surface area contributed by atoms with Crippen LogP contribution >= 0.6 is 0 Å². The number of anilines is 1. The van der Waals surface area contributed by atoms with E-state index >= 15 is 0 Å². The standard InChI is InChI=1S/C15H19N3O3/c1-3-5-9-21-13-8-6-7-12(10-13)17-18-14(11-16)15(19)20-4-2/h6-8,10,17H,3-5,9H2,1-2H3. The molecule has 112 valence electrons. The maximum absolute atomic E-state index is 11.4. The molecule has 0 unspecified atom stereocenters. The van der Waals surface area contributed by atoms with Gasteiger partial charge in [0.15, 0.2) is 0 Å². The van der Waals surface area contributed by atoms with Gasteiger partial charge in [0.25, 0.3) is 0 Å². The summed E-state index contributed by atoms with van der Waals surface area (Å²) in [4.78, 5) is 11.4. The van der Waals surface area contributed by atoms with Crippen LogP contribution in [0.2, 0.25) is 0 Å². The van der Waals surface area contributed by atoms with Gasteiger partial charge in [0.1, 0.15) is 11.8 Å². The highest BCUT2D eigenvalue weighted by Crippen LogP contribution is 2.17. The number of rotatable bonds is 8. The summed E-state index contributed by atoms with van der Waals surface area (Å²) in [5.41, 5.74) is 2.95. The van der Waals surface area contributed by atoms with Gasteiger partial charge in [-0.15, -0.1) is 0 Å². The van der Waals surface area contributed by atoms with Crippen LogP contribution in [0.3, 0.4) is 0 Å². The van der Waals surface area contributed by atoms with Crippen LogP contribution < -0.4 is 10.2 Å². The number of ether oxygens (including phenoxy) is 2. The van der Waals surface area contributed by atoms with Crippen molar-refractivity contribution in [3.63, 3.8) is 0 Å². The zero-order valence-electron chi connectivity index (χ0n) is 12.3. The molecule has 21 heavy (non-hydrogen) atoms. The van der Waals surface area contributed by atoms with E-state index in [9.17, 15) is 4.79 Å². The number of carbonyl (C=O) groups excluding carboxylic acids is 1. The molecule has 0 aromatic heterocycles. The van der Waals surface area contributed by atoms with Crippen LogP contribution in [0.15, 0.2) is 29.4 Å². The number of nitrogens with one attached hydrogen (secondary N) is 1. The Morgan fingerprint density at radius 2 is 2.24 bits per heavy atom. The fourth-order valence-electron chi connectivity index (χ4n) is 1.43. The molecule has 0 heterocycles. The number of unbranched alkanes of at least 4 members (excludes halogenated alkanes) is 1. The largest absolute Gasteiger partial charge is 0.494 e. The SMILES string of the molecule is CCCCOc1cccc(NN=C(C#N)C(=O)OCC)c1. The van der Waals surface area contributed by atoms with Crippen LogP contribution in [-0.2, 0) is 9.53 Å². The third-order valence-electron chi connectivity index (χ3n) is 2.47. The van der Waals surface area contributed by atoms with Crippen LogP contribution in [0.1, 0.15) is 26.7 Å². The van der Waals surface area contributed by atoms with Gasteiger partial charge in [-0.2, -0.15) is 10.4 Å². The van der Waals surface area contributed by atoms with Crippen molar-refractivity contribution >= 4 is 17.4 Å². The number of hydrazone groups is 1. The fraction of sp³-hybridized carbons (Fsp3) is 0.400. The molecule has 0 amide bonds. The van der Waals surface area contributed by atoms with E-state index in [1.165, 1.54) is 0 Å². The molecule has 0 aliphatic heterocycles. The number of hydrogen-bond donors (Lipinski definition) is 1. The molecular weight excluding hydrogens is 270 g/mol. The van der Waals surface area contributed by atoms with Crippen molar-refractivity contribution in [2.75, 3.05) is 18.6 Å². The summed E-state index contributed by atoms with van der Waals surface area (Å²) >= 11 is 0. The number of benzene rings is 1. The molecule has 6 nitrogen and oxygen atoms in total. The number of carbonyl (C=O) groups is 1. The molecule has 0 bridgehead atoms. The summed E-state index contributed by atoms with van der Waals surface area (Å²) in [5, 5.41) is 12.6. The van der Waals surface area contributed by atoms with E-state index in [2.05, 4.69) is 17.5 Å². The van der Waals surface area contributed by atoms with E-state index in [1.807, 2.05) is 6.07 Å². The summed E-state index contributed by atoms with van der Waals surface area (Å²) in [7, 11) is 0. The Balaban J connectivity index is 2.67. The Kier molecular flexibility index (Phi) is 7.36. The van der Waals surface area contributed by atoms with Gasteiger partial charge in [-0.3, -0.25) is 5.43 Å². The van der Waals surface area contributed by atoms with Crippen molar-refractivity contribution in [3.05, 3.63) is 24.3 Å². The lowest BCUT2D eigenvalue weighted by Gasteiger charge is -2.07.